The number of amides is 2. The van der Waals surface area contributed by atoms with Crippen molar-refractivity contribution in [2.45, 2.75) is 38.0 Å². The third-order valence-corrected chi connectivity index (χ3v) is 11.9. The number of anilines is 2. The predicted molar refractivity (Wildman–Crippen MR) is 213 cm³/mol. The number of aromatic nitrogens is 2. The fourth-order valence-electron chi connectivity index (χ4n) is 8.49. The Morgan fingerprint density at radius 1 is 0.911 bits per heavy atom. The number of rotatable bonds is 7. The molecule has 292 valence electrons. The lowest BCUT2D eigenvalue weighted by Gasteiger charge is -2.37. The summed E-state index contributed by atoms with van der Waals surface area (Å²) in [5, 5.41) is 2.98. The fourth-order valence-corrected chi connectivity index (χ4v) is 8.74. The maximum absolute atomic E-state index is 15.1. The molecule has 1 atom stereocenters. The predicted octanol–water partition coefficient (Wildman–Crippen LogP) is 4.06. The monoisotopic (exact) mass is 783 g/mol. The number of carbonyl (C=O) groups is 2. The molecule has 1 unspecified atom stereocenters. The van der Waals surface area contributed by atoms with Crippen molar-refractivity contribution in [3.8, 4) is 5.69 Å². The minimum Gasteiger partial charge on any atom is -0.401 e. The number of piperidine rings is 1. The molecule has 5 heterocycles. The van der Waals surface area contributed by atoms with E-state index in [1.54, 1.807) is 12.1 Å². The zero-order chi connectivity index (χ0) is 39.5. The molecule has 0 saturated carbocycles. The van der Waals surface area contributed by atoms with E-state index in [9.17, 15) is 14.4 Å². The zero-order valence-corrected chi connectivity index (χ0v) is 32.1. The van der Waals surface area contributed by atoms with E-state index in [0.717, 1.165) is 48.6 Å². The normalized spacial score (nSPS) is 20.4. The molecule has 3 saturated heterocycles. The van der Waals surface area contributed by atoms with Gasteiger partial charge in [-0.25, -0.2) is 8.78 Å². The van der Waals surface area contributed by atoms with Crippen molar-refractivity contribution in [3.63, 3.8) is 0 Å². The molecule has 15 heteroatoms. The second-order valence-electron chi connectivity index (χ2n) is 15.4. The number of nitrogens with zero attached hydrogens (tertiary/aromatic N) is 6. The summed E-state index contributed by atoms with van der Waals surface area (Å²) in [6, 6.07) is 14.5. The Morgan fingerprint density at radius 3 is 2.29 bits per heavy atom. The molecular weight excluding hydrogens is 740 g/mol. The summed E-state index contributed by atoms with van der Waals surface area (Å²) in [6.07, 6.45) is 3.75. The highest BCUT2D eigenvalue weighted by molar-refractivity contribution is 6.35. The molecule has 3 fully saturated rings. The van der Waals surface area contributed by atoms with Gasteiger partial charge in [-0.3, -0.25) is 29.2 Å². The van der Waals surface area contributed by atoms with Crippen LogP contribution in [-0.4, -0.2) is 90.1 Å². The standard InChI is InChI=1S/C41H44ClF2N9O3/c1-41(2)28-9-7-25(22-33(28)53-32-5-3-4-29(42)37(32)39(56)48-40(41)53)50-14-12-49(13-15-50)23-24(45)6-10-34(46)52-18-16-51(17-19-52)26-20-30(43)36(31(44)21-26)27-8-11-35(54)47-38(27)55/h3-7,9-10,20-22,27H,8,11-19,23,45-46H2,1-2H3,(H,47,54,55)/b24-6-,34-10+. The van der Waals surface area contributed by atoms with E-state index in [4.69, 9.17) is 23.1 Å². The van der Waals surface area contributed by atoms with Gasteiger partial charge in [0.1, 0.15) is 17.5 Å². The summed E-state index contributed by atoms with van der Waals surface area (Å²) in [5.74, 6) is -2.48. The molecule has 3 aromatic carbocycles. The van der Waals surface area contributed by atoms with Gasteiger partial charge in [-0.1, -0.05) is 23.7 Å². The van der Waals surface area contributed by atoms with Crippen LogP contribution in [0.4, 0.5) is 20.2 Å². The van der Waals surface area contributed by atoms with Crippen LogP contribution in [0.2, 0.25) is 5.02 Å². The van der Waals surface area contributed by atoms with Crippen molar-refractivity contribution in [2.75, 3.05) is 68.7 Å². The van der Waals surface area contributed by atoms with Crippen LogP contribution in [0.1, 0.15) is 49.6 Å². The Bertz CT molecular complexity index is 2360. The number of nitrogens with two attached hydrogens (primary N) is 2. The Balaban J connectivity index is 0.864. The quantitative estimate of drug-likeness (QED) is 0.185. The highest BCUT2D eigenvalue weighted by atomic mass is 35.5. The van der Waals surface area contributed by atoms with Crippen molar-refractivity contribution in [2.24, 2.45) is 11.5 Å². The summed E-state index contributed by atoms with van der Waals surface area (Å²) in [7, 11) is 0. The van der Waals surface area contributed by atoms with E-state index < -0.39 is 34.8 Å². The first-order chi connectivity index (χ1) is 26.8. The van der Waals surface area contributed by atoms with Gasteiger partial charge in [0, 0.05) is 88.0 Å². The Labute approximate surface area is 328 Å². The van der Waals surface area contributed by atoms with Crippen molar-refractivity contribution in [1.82, 2.24) is 24.7 Å². The second-order valence-corrected chi connectivity index (χ2v) is 15.8. The lowest BCUT2D eigenvalue weighted by Crippen LogP contribution is -2.47. The number of benzene rings is 3. The summed E-state index contributed by atoms with van der Waals surface area (Å²) >= 11 is 6.47. The van der Waals surface area contributed by atoms with Crippen LogP contribution in [0.15, 0.2) is 77.0 Å². The minimum absolute atomic E-state index is 0.0395. The Hall–Kier alpha value is -5.47. The zero-order valence-electron chi connectivity index (χ0n) is 31.3. The molecule has 4 aromatic rings. The first-order valence-electron chi connectivity index (χ1n) is 18.9. The third kappa shape index (κ3) is 6.74. The molecule has 0 radical (unpaired) electrons. The lowest BCUT2D eigenvalue weighted by molar-refractivity contribution is -0.134. The molecule has 56 heavy (non-hydrogen) atoms. The van der Waals surface area contributed by atoms with Gasteiger partial charge in [0.05, 0.1) is 38.8 Å². The molecule has 2 amide bonds. The first-order valence-corrected chi connectivity index (χ1v) is 19.3. The van der Waals surface area contributed by atoms with Gasteiger partial charge >= 0.3 is 0 Å². The molecule has 4 aliphatic rings. The van der Waals surface area contributed by atoms with Gasteiger partial charge in [-0.05, 0) is 74.4 Å². The molecule has 4 aliphatic heterocycles. The molecule has 5 N–H and O–H groups in total. The first kappa shape index (κ1) is 37.5. The molecule has 1 aromatic heterocycles. The number of halogens is 3. The molecule has 0 aliphatic carbocycles. The molecule has 12 nitrogen and oxygen atoms in total. The summed E-state index contributed by atoms with van der Waals surface area (Å²) in [4.78, 5) is 49.8. The van der Waals surface area contributed by atoms with Crippen LogP contribution >= 0.6 is 11.6 Å². The summed E-state index contributed by atoms with van der Waals surface area (Å²) in [5.41, 5.74) is 16.9. The number of hydrogen-bond acceptors (Lipinski definition) is 10. The number of nitrogens with one attached hydrogen (secondary N) is 1. The molecule has 8 rings (SSSR count). The van der Waals surface area contributed by atoms with Crippen molar-refractivity contribution in [3.05, 3.63) is 116 Å². The fraction of sp³-hybridized carbons (Fsp3) is 0.366. The van der Waals surface area contributed by atoms with Crippen LogP contribution in [0.3, 0.4) is 0 Å². The smallest absolute Gasteiger partial charge is 0.282 e. The van der Waals surface area contributed by atoms with E-state index in [1.165, 1.54) is 12.1 Å². The number of hydrogen-bond donors (Lipinski definition) is 3. The Kier molecular flexibility index (Phi) is 9.73. The van der Waals surface area contributed by atoms with E-state index in [-0.39, 0.29) is 24.0 Å². The van der Waals surface area contributed by atoms with Crippen LogP contribution in [0.25, 0.3) is 16.6 Å². The highest BCUT2D eigenvalue weighted by Gasteiger charge is 2.39. The molecule has 0 spiro atoms. The van der Waals surface area contributed by atoms with E-state index >= 15 is 8.78 Å². The minimum atomic E-state index is -1.03. The maximum Gasteiger partial charge on any atom is 0.282 e. The van der Waals surface area contributed by atoms with Gasteiger partial charge in [-0.15, -0.1) is 0 Å². The van der Waals surface area contributed by atoms with Crippen molar-refractivity contribution in [1.29, 1.82) is 0 Å². The molecule has 0 bridgehead atoms. The average Bonchev–Trinajstić information content (AvgIpc) is 3.39. The van der Waals surface area contributed by atoms with Crippen LogP contribution < -0.4 is 32.1 Å². The van der Waals surface area contributed by atoms with Crippen molar-refractivity contribution >= 4 is 45.7 Å². The van der Waals surface area contributed by atoms with Crippen LogP contribution in [0.5, 0.6) is 0 Å². The van der Waals surface area contributed by atoms with Crippen LogP contribution in [0, 0.1) is 11.6 Å². The highest BCUT2D eigenvalue weighted by Crippen LogP contribution is 2.44. The third-order valence-electron chi connectivity index (χ3n) is 11.6. The molecular formula is C41H44ClF2N9O3. The maximum atomic E-state index is 15.1. The van der Waals surface area contributed by atoms with Crippen LogP contribution in [-0.2, 0) is 15.0 Å². The summed E-state index contributed by atoms with van der Waals surface area (Å²) < 4.78 is 32.3. The van der Waals surface area contributed by atoms with E-state index in [0.29, 0.717) is 66.2 Å². The number of fused-ring (bicyclic) bond motifs is 5. The topological polar surface area (TPSA) is 146 Å². The van der Waals surface area contributed by atoms with Gasteiger partial charge < -0.3 is 26.2 Å². The summed E-state index contributed by atoms with van der Waals surface area (Å²) in [6.45, 7) is 10.1. The second kappa shape index (κ2) is 14.6. The number of carbonyl (C=O) groups excluding carboxylic acids is 2. The van der Waals surface area contributed by atoms with Gasteiger partial charge in [0.15, 0.2) is 0 Å². The van der Waals surface area contributed by atoms with Crippen molar-refractivity contribution < 1.29 is 18.4 Å². The SMILES string of the molecule is CC1(C)c2ccc(N3CCN(C/C(N)=C/C=C(\N)N4CCN(c5cc(F)c(C6CCC(=O)NC6=O)c(F)c5)CC4)CC3)cc2-n2c1nc(=O)c1c(Cl)cccc12. The number of allylic oxidation sites excluding steroid dienone is 2. The van der Waals surface area contributed by atoms with E-state index in [1.807, 2.05) is 28.0 Å². The average molecular weight is 784 g/mol. The number of piperazine rings is 2. The lowest BCUT2D eigenvalue weighted by atomic mass is 9.85. The van der Waals surface area contributed by atoms with Gasteiger partial charge in [-0.2, -0.15) is 4.98 Å². The largest absolute Gasteiger partial charge is 0.401 e. The van der Waals surface area contributed by atoms with Gasteiger partial charge in [0.2, 0.25) is 11.8 Å². The Morgan fingerprint density at radius 2 is 1.59 bits per heavy atom. The number of imide groups is 1. The van der Waals surface area contributed by atoms with E-state index in [2.05, 4.69) is 56.7 Å². The van der Waals surface area contributed by atoms with Gasteiger partial charge in [0.25, 0.3) is 5.56 Å².